The van der Waals surface area contributed by atoms with Gasteiger partial charge in [-0.2, -0.15) is 4.98 Å². The number of nitrogens with one attached hydrogen (secondary N) is 1. The number of rotatable bonds is 6. The summed E-state index contributed by atoms with van der Waals surface area (Å²) in [4.78, 5) is 21.7. The molecule has 1 aromatic carbocycles. The fraction of sp³-hybridized carbons (Fsp3) is 0.350. The molecule has 6 nitrogen and oxygen atoms in total. The number of anilines is 1. The quantitative estimate of drug-likeness (QED) is 0.678. The van der Waals surface area contributed by atoms with E-state index in [4.69, 9.17) is 11.6 Å². The summed E-state index contributed by atoms with van der Waals surface area (Å²) in [6.07, 6.45) is 2.60. The maximum absolute atomic E-state index is 12.9. The first-order chi connectivity index (χ1) is 13.0. The maximum atomic E-state index is 12.9. The minimum atomic E-state index is -0.180. The van der Waals surface area contributed by atoms with Crippen molar-refractivity contribution in [2.45, 2.75) is 26.3 Å². The van der Waals surface area contributed by atoms with E-state index in [1.54, 1.807) is 25.4 Å². The summed E-state index contributed by atoms with van der Waals surface area (Å²) in [5.74, 6) is 0.656. The van der Waals surface area contributed by atoms with E-state index in [1.807, 2.05) is 18.2 Å². The van der Waals surface area contributed by atoms with Gasteiger partial charge in [0.1, 0.15) is 5.65 Å². The molecular weight excluding hydrogens is 364 g/mol. The number of pyridine rings is 1. The van der Waals surface area contributed by atoms with Crippen molar-refractivity contribution in [2.24, 2.45) is 13.0 Å². The minimum Gasteiger partial charge on any atom is -0.394 e. The molecule has 0 saturated heterocycles. The lowest BCUT2D eigenvalue weighted by Crippen LogP contribution is -2.31. The highest BCUT2D eigenvalue weighted by Crippen LogP contribution is 2.27. The van der Waals surface area contributed by atoms with Gasteiger partial charge in [-0.25, -0.2) is 4.98 Å². The van der Waals surface area contributed by atoms with Gasteiger partial charge in [-0.05, 0) is 18.1 Å². The highest BCUT2D eigenvalue weighted by molar-refractivity contribution is 6.33. The van der Waals surface area contributed by atoms with E-state index in [9.17, 15) is 9.90 Å². The molecule has 0 aliphatic heterocycles. The first-order valence-electron chi connectivity index (χ1n) is 8.95. The van der Waals surface area contributed by atoms with Crippen LogP contribution in [0.3, 0.4) is 0 Å². The summed E-state index contributed by atoms with van der Waals surface area (Å²) >= 11 is 6.26. The van der Waals surface area contributed by atoms with Crippen LogP contribution in [-0.2, 0) is 7.05 Å². The number of benzene rings is 1. The van der Waals surface area contributed by atoms with Gasteiger partial charge < -0.3 is 10.4 Å². The first-order valence-corrected chi connectivity index (χ1v) is 9.33. The summed E-state index contributed by atoms with van der Waals surface area (Å²) < 4.78 is 1.50. The van der Waals surface area contributed by atoms with Crippen LogP contribution in [0.5, 0.6) is 0 Å². The highest BCUT2D eigenvalue weighted by atomic mass is 35.5. The monoisotopic (exact) mass is 386 g/mol. The lowest BCUT2D eigenvalue weighted by Gasteiger charge is -2.22. The van der Waals surface area contributed by atoms with Crippen LogP contribution >= 0.6 is 11.6 Å². The van der Waals surface area contributed by atoms with E-state index in [1.165, 1.54) is 4.57 Å². The Morgan fingerprint density at radius 2 is 2.04 bits per heavy atom. The number of aliphatic hydroxyl groups is 1. The molecule has 1 unspecified atom stereocenters. The summed E-state index contributed by atoms with van der Waals surface area (Å²) in [6.45, 7) is 4.11. The van der Waals surface area contributed by atoms with Crippen LogP contribution in [0.1, 0.15) is 20.3 Å². The molecule has 0 bridgehead atoms. The molecule has 0 aliphatic rings. The van der Waals surface area contributed by atoms with Crippen molar-refractivity contribution in [1.29, 1.82) is 0 Å². The normalized spacial score (nSPS) is 13.5. The number of nitrogens with zero attached hydrogens (tertiary/aromatic N) is 3. The zero-order valence-electron chi connectivity index (χ0n) is 15.6. The molecule has 0 spiro atoms. The molecule has 0 aliphatic carbocycles. The maximum Gasteiger partial charge on any atom is 0.259 e. The van der Waals surface area contributed by atoms with Gasteiger partial charge in [-0.15, -0.1) is 0 Å². The van der Waals surface area contributed by atoms with Gasteiger partial charge in [0, 0.05) is 34.8 Å². The van der Waals surface area contributed by atoms with Crippen molar-refractivity contribution in [1.82, 2.24) is 14.5 Å². The Balaban J connectivity index is 2.07. The van der Waals surface area contributed by atoms with Gasteiger partial charge in [-0.1, -0.05) is 50.1 Å². The number of hydrogen-bond acceptors (Lipinski definition) is 5. The molecule has 2 atom stereocenters. The number of aromatic nitrogens is 3. The zero-order chi connectivity index (χ0) is 19.6. The second kappa shape index (κ2) is 8.06. The molecule has 2 N–H and O–H groups in total. The predicted octanol–water partition coefficient (Wildman–Crippen LogP) is 3.47. The van der Waals surface area contributed by atoms with Crippen molar-refractivity contribution in [3.8, 4) is 11.1 Å². The van der Waals surface area contributed by atoms with Gasteiger partial charge in [0.05, 0.1) is 12.6 Å². The van der Waals surface area contributed by atoms with E-state index in [-0.39, 0.29) is 24.1 Å². The van der Waals surface area contributed by atoms with E-state index >= 15 is 0 Å². The third-order valence-electron chi connectivity index (χ3n) is 4.95. The van der Waals surface area contributed by atoms with Crippen LogP contribution in [0.25, 0.3) is 22.2 Å². The van der Waals surface area contributed by atoms with E-state index in [0.717, 1.165) is 11.8 Å². The molecule has 3 rings (SSSR count). The third-order valence-corrected chi connectivity index (χ3v) is 5.28. The number of hydrogen-bond donors (Lipinski definition) is 2. The number of halogens is 1. The van der Waals surface area contributed by atoms with E-state index < -0.39 is 0 Å². The van der Waals surface area contributed by atoms with Crippen molar-refractivity contribution >= 4 is 28.6 Å². The SMILES string of the molecule is CC[C@H](C)C(CO)Nc1ncc2cc(-c3ccccc3Cl)c(=O)n(C)c2n1. The summed E-state index contributed by atoms with van der Waals surface area (Å²) in [6, 6.07) is 8.87. The Labute approximate surface area is 162 Å². The fourth-order valence-corrected chi connectivity index (χ4v) is 3.24. The second-order valence-electron chi connectivity index (χ2n) is 6.69. The summed E-state index contributed by atoms with van der Waals surface area (Å²) in [5.41, 5.74) is 1.53. The van der Waals surface area contributed by atoms with Crippen molar-refractivity contribution in [3.63, 3.8) is 0 Å². The summed E-state index contributed by atoms with van der Waals surface area (Å²) in [5, 5.41) is 14.0. The minimum absolute atomic E-state index is 0.0131. The standard InChI is InChI=1S/C20H23ClN4O2/c1-4-12(2)17(11-26)23-20-22-10-13-9-15(14-7-5-6-8-16(14)21)19(27)25(3)18(13)24-20/h5-10,12,17,26H,4,11H2,1-3H3,(H,22,23,24)/t12-,17?/m0/s1. The molecule has 0 amide bonds. The first kappa shape index (κ1) is 19.3. The predicted molar refractivity (Wildman–Crippen MR) is 109 cm³/mol. The molecule has 0 radical (unpaired) electrons. The van der Waals surface area contributed by atoms with E-state index in [2.05, 4.69) is 29.1 Å². The Morgan fingerprint density at radius 3 is 2.70 bits per heavy atom. The smallest absolute Gasteiger partial charge is 0.259 e. The Morgan fingerprint density at radius 1 is 1.30 bits per heavy atom. The van der Waals surface area contributed by atoms with Crippen molar-refractivity contribution in [2.75, 3.05) is 11.9 Å². The molecule has 7 heteroatoms. The third kappa shape index (κ3) is 3.82. The molecule has 3 aromatic rings. The van der Waals surface area contributed by atoms with Crippen LogP contribution in [0.4, 0.5) is 5.95 Å². The highest BCUT2D eigenvalue weighted by Gasteiger charge is 2.17. The average molecular weight is 387 g/mol. The van der Waals surface area contributed by atoms with Gasteiger partial charge >= 0.3 is 0 Å². The molecule has 0 fully saturated rings. The van der Waals surface area contributed by atoms with Gasteiger partial charge in [0.25, 0.3) is 5.56 Å². The molecule has 0 saturated carbocycles. The average Bonchev–Trinajstić information content (AvgIpc) is 2.69. The summed E-state index contributed by atoms with van der Waals surface area (Å²) in [7, 11) is 1.68. The van der Waals surface area contributed by atoms with Crippen LogP contribution in [0.2, 0.25) is 5.02 Å². The van der Waals surface area contributed by atoms with Gasteiger partial charge in [-0.3, -0.25) is 9.36 Å². The second-order valence-corrected chi connectivity index (χ2v) is 7.10. The van der Waals surface area contributed by atoms with Crippen molar-refractivity contribution < 1.29 is 5.11 Å². The lowest BCUT2D eigenvalue weighted by atomic mass is 10.0. The van der Waals surface area contributed by atoms with Crippen molar-refractivity contribution in [3.05, 3.63) is 51.9 Å². The Kier molecular flexibility index (Phi) is 5.77. The lowest BCUT2D eigenvalue weighted by molar-refractivity contribution is 0.240. The van der Waals surface area contributed by atoms with Crippen LogP contribution < -0.4 is 10.9 Å². The Bertz CT molecular complexity index is 1020. The van der Waals surface area contributed by atoms with Crippen LogP contribution in [0.15, 0.2) is 41.3 Å². The zero-order valence-corrected chi connectivity index (χ0v) is 16.4. The molecule has 142 valence electrons. The topological polar surface area (TPSA) is 80.0 Å². The Hall–Kier alpha value is -2.44. The van der Waals surface area contributed by atoms with E-state index in [0.29, 0.717) is 27.7 Å². The molecular formula is C20H23ClN4O2. The molecule has 2 heterocycles. The largest absolute Gasteiger partial charge is 0.394 e. The molecule has 27 heavy (non-hydrogen) atoms. The van der Waals surface area contributed by atoms with Crippen LogP contribution in [-0.4, -0.2) is 32.3 Å². The number of aryl methyl sites for hydroxylation is 1. The number of aliphatic hydroxyl groups excluding tert-OH is 1. The molecule has 2 aromatic heterocycles. The van der Waals surface area contributed by atoms with Gasteiger partial charge in [0.15, 0.2) is 0 Å². The number of fused-ring (bicyclic) bond motifs is 1. The van der Waals surface area contributed by atoms with Gasteiger partial charge in [0.2, 0.25) is 5.95 Å². The fourth-order valence-electron chi connectivity index (χ4n) is 3.01. The van der Waals surface area contributed by atoms with Crippen LogP contribution in [0, 0.1) is 5.92 Å².